The van der Waals surface area contributed by atoms with Crippen molar-refractivity contribution in [3.63, 3.8) is 0 Å². The van der Waals surface area contributed by atoms with E-state index in [1.807, 2.05) is 6.07 Å². The molecule has 140 valence electrons. The van der Waals surface area contributed by atoms with E-state index in [1.54, 1.807) is 0 Å². The van der Waals surface area contributed by atoms with Gasteiger partial charge in [0.15, 0.2) is 0 Å². The van der Waals surface area contributed by atoms with Gasteiger partial charge in [-0.15, -0.1) is 0 Å². The fourth-order valence-electron chi connectivity index (χ4n) is 4.39. The molecule has 1 aromatic rings. The Bertz CT molecular complexity index is 732. The highest BCUT2D eigenvalue weighted by Gasteiger charge is 2.49. The van der Waals surface area contributed by atoms with Gasteiger partial charge in [-0.05, 0) is 81.0 Å². The van der Waals surface area contributed by atoms with Crippen molar-refractivity contribution in [1.82, 2.24) is 5.32 Å². The van der Waals surface area contributed by atoms with E-state index in [-0.39, 0.29) is 28.7 Å². The molecular formula is C22H30N2O2. The molecule has 2 fully saturated rings. The van der Waals surface area contributed by atoms with Crippen molar-refractivity contribution in [3.8, 4) is 0 Å². The maximum atomic E-state index is 12.7. The normalized spacial score (nSPS) is 24.3. The van der Waals surface area contributed by atoms with Gasteiger partial charge in [0.1, 0.15) is 0 Å². The molecule has 2 N–H and O–H groups in total. The number of carbonyl (C=O) groups is 2. The highest BCUT2D eigenvalue weighted by atomic mass is 16.2. The smallest absolute Gasteiger partial charge is 0.230 e. The van der Waals surface area contributed by atoms with Gasteiger partial charge < -0.3 is 10.6 Å². The Balaban J connectivity index is 1.51. The molecule has 0 spiro atoms. The number of nitrogens with one attached hydrogen (secondary N) is 2. The van der Waals surface area contributed by atoms with Gasteiger partial charge in [-0.25, -0.2) is 0 Å². The number of benzene rings is 1. The monoisotopic (exact) mass is 354 g/mol. The molecule has 0 radical (unpaired) electrons. The second-order valence-electron chi connectivity index (χ2n) is 8.55. The van der Waals surface area contributed by atoms with E-state index in [0.29, 0.717) is 0 Å². The molecule has 0 aromatic heterocycles. The molecule has 4 nitrogen and oxygen atoms in total. The summed E-state index contributed by atoms with van der Waals surface area (Å²) in [4.78, 5) is 25.2. The number of aryl methyl sites for hydroxylation is 1. The van der Waals surface area contributed by atoms with Gasteiger partial charge in [0.05, 0.1) is 6.04 Å². The fourth-order valence-corrected chi connectivity index (χ4v) is 4.39. The summed E-state index contributed by atoms with van der Waals surface area (Å²) in [5.74, 6) is 0.370. The zero-order chi connectivity index (χ0) is 18.4. The molecule has 4 rings (SSSR count). The number of anilines is 1. The summed E-state index contributed by atoms with van der Waals surface area (Å²) in [7, 11) is 0. The number of rotatable bonds is 6. The minimum absolute atomic E-state index is 0.0770. The van der Waals surface area contributed by atoms with E-state index in [1.165, 1.54) is 11.1 Å². The van der Waals surface area contributed by atoms with Crippen LogP contribution < -0.4 is 10.6 Å². The molecule has 3 aliphatic carbocycles. The van der Waals surface area contributed by atoms with E-state index in [2.05, 4.69) is 36.6 Å². The number of hydrogen-bond acceptors (Lipinski definition) is 2. The van der Waals surface area contributed by atoms with Crippen LogP contribution in [-0.4, -0.2) is 11.8 Å². The van der Waals surface area contributed by atoms with Crippen LogP contribution in [0.15, 0.2) is 18.2 Å². The number of carbonyl (C=O) groups excluding carboxylic acids is 2. The quantitative estimate of drug-likeness (QED) is 0.790. The highest BCUT2D eigenvalue weighted by molar-refractivity contribution is 5.97. The summed E-state index contributed by atoms with van der Waals surface area (Å²) in [5.41, 5.74) is 3.12. The number of fused-ring (bicyclic) bond motifs is 1. The lowest BCUT2D eigenvalue weighted by molar-refractivity contribution is -0.127. The Morgan fingerprint density at radius 2 is 1.69 bits per heavy atom. The highest BCUT2D eigenvalue weighted by Crippen LogP contribution is 2.50. The standard InChI is InChI=1S/C22H30N2O2/c1-3-21(10-11-21)19(25)23-16-9-8-15-6-5-7-18(17(15)14-16)24-20(26)22(4-2)12-13-22/h8-9,14,18H,3-7,10-13H2,1-2H3,(H,23,25)(H,24,26). The molecule has 1 atom stereocenters. The third kappa shape index (κ3) is 3.04. The largest absolute Gasteiger partial charge is 0.349 e. The molecule has 0 saturated heterocycles. The van der Waals surface area contributed by atoms with Gasteiger partial charge in [0.2, 0.25) is 11.8 Å². The van der Waals surface area contributed by atoms with Gasteiger partial charge >= 0.3 is 0 Å². The lowest BCUT2D eigenvalue weighted by Gasteiger charge is -2.29. The van der Waals surface area contributed by atoms with Crippen LogP contribution in [0.1, 0.15) is 82.4 Å². The van der Waals surface area contributed by atoms with Gasteiger partial charge in [0.25, 0.3) is 0 Å². The van der Waals surface area contributed by atoms with Gasteiger partial charge in [-0.3, -0.25) is 9.59 Å². The van der Waals surface area contributed by atoms with Crippen molar-refractivity contribution in [2.45, 2.75) is 77.7 Å². The summed E-state index contributed by atoms with van der Waals surface area (Å²) in [6.45, 7) is 4.20. The molecule has 1 unspecified atom stereocenters. The zero-order valence-electron chi connectivity index (χ0n) is 16.0. The molecule has 0 aliphatic heterocycles. The first kappa shape index (κ1) is 17.6. The molecule has 0 heterocycles. The summed E-state index contributed by atoms with van der Waals surface area (Å²) >= 11 is 0. The summed E-state index contributed by atoms with van der Waals surface area (Å²) < 4.78 is 0. The van der Waals surface area contributed by atoms with E-state index in [0.717, 1.165) is 63.5 Å². The maximum absolute atomic E-state index is 12.7. The second kappa shape index (κ2) is 6.40. The summed E-state index contributed by atoms with van der Waals surface area (Å²) in [5, 5.41) is 6.43. The van der Waals surface area contributed by atoms with Crippen LogP contribution in [0.2, 0.25) is 0 Å². The Hall–Kier alpha value is -1.84. The van der Waals surface area contributed by atoms with Crippen molar-refractivity contribution in [2.75, 3.05) is 5.32 Å². The first-order valence-electron chi connectivity index (χ1n) is 10.3. The Morgan fingerprint density at radius 1 is 1.04 bits per heavy atom. The van der Waals surface area contributed by atoms with Gasteiger partial charge in [0, 0.05) is 16.5 Å². The third-order valence-electron chi connectivity index (χ3n) is 7.05. The Labute approximate surface area is 156 Å². The van der Waals surface area contributed by atoms with Crippen molar-refractivity contribution in [1.29, 1.82) is 0 Å². The number of hydrogen-bond donors (Lipinski definition) is 2. The third-order valence-corrected chi connectivity index (χ3v) is 7.05. The summed E-state index contributed by atoms with van der Waals surface area (Å²) in [6, 6.07) is 6.31. The number of amides is 2. The maximum Gasteiger partial charge on any atom is 0.230 e. The molecule has 4 heteroatoms. The van der Waals surface area contributed by atoms with Crippen LogP contribution in [0.4, 0.5) is 5.69 Å². The van der Waals surface area contributed by atoms with E-state index >= 15 is 0 Å². The predicted molar refractivity (Wildman–Crippen MR) is 103 cm³/mol. The van der Waals surface area contributed by atoms with Crippen molar-refractivity contribution >= 4 is 17.5 Å². The second-order valence-corrected chi connectivity index (χ2v) is 8.55. The molecular weight excluding hydrogens is 324 g/mol. The molecule has 2 saturated carbocycles. The lowest BCUT2D eigenvalue weighted by Crippen LogP contribution is -2.36. The molecule has 0 bridgehead atoms. The van der Waals surface area contributed by atoms with Gasteiger partial charge in [-0.1, -0.05) is 19.9 Å². The van der Waals surface area contributed by atoms with E-state index in [9.17, 15) is 9.59 Å². The van der Waals surface area contributed by atoms with Crippen LogP contribution in [0.5, 0.6) is 0 Å². The van der Waals surface area contributed by atoms with Crippen molar-refractivity contribution < 1.29 is 9.59 Å². The molecule has 3 aliphatic rings. The predicted octanol–water partition coefficient (Wildman–Crippen LogP) is 4.50. The van der Waals surface area contributed by atoms with Crippen LogP contribution in [0, 0.1) is 10.8 Å². The van der Waals surface area contributed by atoms with E-state index < -0.39 is 0 Å². The molecule has 2 amide bonds. The Kier molecular flexibility index (Phi) is 4.32. The van der Waals surface area contributed by atoms with Crippen LogP contribution in [0.3, 0.4) is 0 Å². The van der Waals surface area contributed by atoms with E-state index in [4.69, 9.17) is 0 Å². The first-order valence-corrected chi connectivity index (χ1v) is 10.3. The molecule has 1 aromatic carbocycles. The van der Waals surface area contributed by atoms with Crippen molar-refractivity contribution in [3.05, 3.63) is 29.3 Å². The SMILES string of the molecule is CCC1(C(=O)Nc2ccc3c(c2)C(NC(=O)C2(CC)CC2)CCC3)CC1. The topological polar surface area (TPSA) is 58.2 Å². The first-order chi connectivity index (χ1) is 12.5. The molecule has 26 heavy (non-hydrogen) atoms. The van der Waals surface area contributed by atoms with Crippen molar-refractivity contribution in [2.24, 2.45) is 10.8 Å². The van der Waals surface area contributed by atoms with Gasteiger partial charge in [-0.2, -0.15) is 0 Å². The minimum Gasteiger partial charge on any atom is -0.349 e. The zero-order valence-corrected chi connectivity index (χ0v) is 16.0. The van der Waals surface area contributed by atoms with Crippen LogP contribution in [0.25, 0.3) is 0 Å². The summed E-state index contributed by atoms with van der Waals surface area (Å²) in [6.07, 6.45) is 8.99. The average Bonchev–Trinajstić information content (AvgIpc) is 3.56. The average molecular weight is 354 g/mol. The minimum atomic E-state index is -0.136. The Morgan fingerprint density at radius 3 is 2.31 bits per heavy atom. The van der Waals surface area contributed by atoms with Crippen LogP contribution in [-0.2, 0) is 16.0 Å². The fraction of sp³-hybridized carbons (Fsp3) is 0.636. The lowest BCUT2D eigenvalue weighted by atomic mass is 9.86. The van der Waals surface area contributed by atoms with Crippen LogP contribution >= 0.6 is 0 Å².